The van der Waals surface area contributed by atoms with Crippen molar-refractivity contribution in [1.82, 2.24) is 14.9 Å². The van der Waals surface area contributed by atoms with Gasteiger partial charge in [-0.15, -0.1) is 0 Å². The largest absolute Gasteiger partial charge is 0.467 e. The Labute approximate surface area is 122 Å². The number of rotatable bonds is 4. The Balaban J connectivity index is 1.76. The van der Waals surface area contributed by atoms with Crippen molar-refractivity contribution in [2.75, 3.05) is 0 Å². The Morgan fingerprint density at radius 1 is 1.29 bits per heavy atom. The number of amides is 1. The lowest BCUT2D eigenvalue weighted by molar-refractivity contribution is 0.0940. The van der Waals surface area contributed by atoms with Crippen molar-refractivity contribution in [3.8, 4) is 11.1 Å². The second kappa shape index (κ2) is 5.66. The molecule has 0 bridgehead atoms. The van der Waals surface area contributed by atoms with Crippen molar-refractivity contribution in [1.29, 1.82) is 0 Å². The lowest BCUT2D eigenvalue weighted by atomic mass is 10.1. The highest BCUT2D eigenvalue weighted by Gasteiger charge is 2.12. The molecule has 0 atom stereocenters. The molecule has 3 aromatic rings. The number of carbonyl (C=O) groups is 1. The van der Waals surface area contributed by atoms with E-state index in [-0.39, 0.29) is 5.91 Å². The third kappa shape index (κ3) is 2.86. The van der Waals surface area contributed by atoms with Crippen molar-refractivity contribution in [2.45, 2.75) is 6.54 Å². The van der Waals surface area contributed by atoms with Crippen LogP contribution in [0.4, 0.5) is 0 Å². The molecule has 0 radical (unpaired) electrons. The maximum absolute atomic E-state index is 12.2. The lowest BCUT2D eigenvalue weighted by Gasteiger charge is -2.03. The highest BCUT2D eigenvalue weighted by molar-refractivity contribution is 5.94. The summed E-state index contributed by atoms with van der Waals surface area (Å²) in [7, 11) is 1.85. The van der Waals surface area contributed by atoms with Crippen LogP contribution in [0.15, 0.2) is 59.6 Å². The minimum absolute atomic E-state index is 0.130. The van der Waals surface area contributed by atoms with Gasteiger partial charge >= 0.3 is 0 Å². The molecule has 1 N–H and O–H groups in total. The molecule has 0 aliphatic carbocycles. The molecule has 0 saturated carbocycles. The third-order valence-electron chi connectivity index (χ3n) is 3.25. The molecule has 0 aliphatic rings. The Morgan fingerprint density at radius 2 is 2.10 bits per heavy atom. The van der Waals surface area contributed by atoms with Gasteiger partial charge in [0.05, 0.1) is 12.8 Å². The average Bonchev–Trinajstić information content (AvgIpc) is 3.15. The van der Waals surface area contributed by atoms with Crippen molar-refractivity contribution in [3.05, 3.63) is 66.6 Å². The summed E-state index contributed by atoms with van der Waals surface area (Å²) in [5, 5.41) is 2.84. The number of nitrogens with one attached hydrogen (secondary N) is 1. The number of aryl methyl sites for hydroxylation is 1. The summed E-state index contributed by atoms with van der Waals surface area (Å²) in [5.41, 5.74) is 2.63. The van der Waals surface area contributed by atoms with Crippen LogP contribution >= 0.6 is 0 Å². The van der Waals surface area contributed by atoms with E-state index in [1.54, 1.807) is 24.7 Å². The van der Waals surface area contributed by atoms with E-state index in [1.807, 2.05) is 42.1 Å². The van der Waals surface area contributed by atoms with Gasteiger partial charge in [0.2, 0.25) is 0 Å². The summed E-state index contributed by atoms with van der Waals surface area (Å²) in [6.45, 7) is 0.377. The van der Waals surface area contributed by atoms with Crippen molar-refractivity contribution in [2.24, 2.45) is 7.05 Å². The maximum Gasteiger partial charge on any atom is 0.268 e. The van der Waals surface area contributed by atoms with Crippen LogP contribution in [0.2, 0.25) is 0 Å². The van der Waals surface area contributed by atoms with E-state index in [1.165, 1.54) is 0 Å². The summed E-state index contributed by atoms with van der Waals surface area (Å²) >= 11 is 0. The topological polar surface area (TPSA) is 60.1 Å². The molecule has 5 nitrogen and oxygen atoms in total. The molecule has 0 aliphatic heterocycles. The van der Waals surface area contributed by atoms with Crippen molar-refractivity contribution >= 4 is 5.91 Å². The number of pyridine rings is 1. The van der Waals surface area contributed by atoms with Crippen LogP contribution < -0.4 is 5.32 Å². The lowest BCUT2D eigenvalue weighted by Crippen LogP contribution is -2.24. The Morgan fingerprint density at radius 3 is 2.81 bits per heavy atom. The molecule has 1 amide bonds. The van der Waals surface area contributed by atoms with Gasteiger partial charge in [0.25, 0.3) is 5.91 Å². The highest BCUT2D eigenvalue weighted by Crippen LogP contribution is 2.20. The van der Waals surface area contributed by atoms with Crippen LogP contribution in [0.3, 0.4) is 0 Å². The number of hydrogen-bond acceptors (Lipinski definition) is 3. The molecule has 0 spiro atoms. The minimum atomic E-state index is -0.130. The van der Waals surface area contributed by atoms with Crippen molar-refractivity contribution < 1.29 is 9.21 Å². The van der Waals surface area contributed by atoms with E-state index in [2.05, 4.69) is 10.3 Å². The van der Waals surface area contributed by atoms with E-state index in [4.69, 9.17) is 4.42 Å². The molecule has 5 heteroatoms. The van der Waals surface area contributed by atoms with Gasteiger partial charge in [0, 0.05) is 31.2 Å². The van der Waals surface area contributed by atoms with E-state index in [0.29, 0.717) is 12.2 Å². The summed E-state index contributed by atoms with van der Waals surface area (Å²) < 4.78 is 7.01. The van der Waals surface area contributed by atoms with Gasteiger partial charge in [0.15, 0.2) is 0 Å². The number of carbonyl (C=O) groups excluding carboxylic acids is 1. The molecule has 0 aromatic carbocycles. The fourth-order valence-corrected chi connectivity index (χ4v) is 2.16. The molecule has 3 rings (SSSR count). The van der Waals surface area contributed by atoms with E-state index >= 15 is 0 Å². The Bertz CT molecular complexity index is 730. The first-order chi connectivity index (χ1) is 10.2. The summed E-state index contributed by atoms with van der Waals surface area (Å²) in [4.78, 5) is 16.2. The van der Waals surface area contributed by atoms with Crippen molar-refractivity contribution in [3.63, 3.8) is 0 Å². The molecule has 0 saturated heterocycles. The molecular weight excluding hydrogens is 266 g/mol. The first-order valence-corrected chi connectivity index (χ1v) is 6.61. The van der Waals surface area contributed by atoms with Crippen LogP contribution in [0, 0.1) is 0 Å². The number of hydrogen-bond donors (Lipinski definition) is 1. The zero-order valence-corrected chi connectivity index (χ0v) is 11.6. The third-order valence-corrected chi connectivity index (χ3v) is 3.25. The number of furan rings is 1. The van der Waals surface area contributed by atoms with Gasteiger partial charge in [-0.05, 0) is 35.9 Å². The van der Waals surface area contributed by atoms with Gasteiger partial charge in [-0.2, -0.15) is 0 Å². The summed E-state index contributed by atoms with van der Waals surface area (Å²) in [5.74, 6) is 0.598. The zero-order valence-electron chi connectivity index (χ0n) is 11.6. The summed E-state index contributed by atoms with van der Waals surface area (Å²) in [6.07, 6.45) is 6.99. The van der Waals surface area contributed by atoms with Crippen LogP contribution in [0.5, 0.6) is 0 Å². The van der Waals surface area contributed by atoms with Gasteiger partial charge in [-0.25, -0.2) is 0 Å². The second-order valence-corrected chi connectivity index (χ2v) is 4.72. The number of aromatic nitrogens is 2. The maximum atomic E-state index is 12.2. The standard InChI is InChI=1S/C16H15N3O2/c1-19-11-13(12-4-6-17-7-5-12)9-15(19)16(20)18-10-14-3-2-8-21-14/h2-9,11H,10H2,1H3,(H,18,20). The van der Waals surface area contributed by atoms with Crippen LogP contribution in [0.1, 0.15) is 16.2 Å². The predicted molar refractivity (Wildman–Crippen MR) is 78.5 cm³/mol. The molecule has 3 heterocycles. The SMILES string of the molecule is Cn1cc(-c2ccncc2)cc1C(=O)NCc1ccco1. The smallest absolute Gasteiger partial charge is 0.268 e. The predicted octanol–water partition coefficient (Wildman–Crippen LogP) is 2.61. The van der Waals surface area contributed by atoms with E-state index in [9.17, 15) is 4.79 Å². The summed E-state index contributed by atoms with van der Waals surface area (Å²) in [6, 6.07) is 9.33. The first kappa shape index (κ1) is 13.2. The molecule has 21 heavy (non-hydrogen) atoms. The van der Waals surface area contributed by atoms with Crippen LogP contribution in [-0.2, 0) is 13.6 Å². The van der Waals surface area contributed by atoms with E-state index in [0.717, 1.165) is 16.9 Å². The molecule has 0 unspecified atom stereocenters. The fourth-order valence-electron chi connectivity index (χ4n) is 2.16. The number of nitrogens with zero attached hydrogens (tertiary/aromatic N) is 2. The second-order valence-electron chi connectivity index (χ2n) is 4.72. The normalized spacial score (nSPS) is 10.5. The quantitative estimate of drug-likeness (QED) is 0.799. The van der Waals surface area contributed by atoms with Gasteiger partial charge in [-0.1, -0.05) is 0 Å². The highest BCUT2D eigenvalue weighted by atomic mass is 16.3. The molecular formula is C16H15N3O2. The Kier molecular flexibility index (Phi) is 3.55. The average molecular weight is 281 g/mol. The molecule has 0 fully saturated rings. The Hall–Kier alpha value is -2.82. The van der Waals surface area contributed by atoms with Crippen LogP contribution in [-0.4, -0.2) is 15.5 Å². The molecule has 3 aromatic heterocycles. The van der Waals surface area contributed by atoms with E-state index < -0.39 is 0 Å². The minimum Gasteiger partial charge on any atom is -0.467 e. The van der Waals surface area contributed by atoms with Gasteiger partial charge in [-0.3, -0.25) is 9.78 Å². The van der Waals surface area contributed by atoms with Crippen LogP contribution in [0.25, 0.3) is 11.1 Å². The van der Waals surface area contributed by atoms with Gasteiger partial charge in [0.1, 0.15) is 11.5 Å². The first-order valence-electron chi connectivity index (χ1n) is 6.61. The fraction of sp³-hybridized carbons (Fsp3) is 0.125. The van der Waals surface area contributed by atoms with Gasteiger partial charge < -0.3 is 14.3 Å². The zero-order chi connectivity index (χ0) is 14.7. The molecule has 106 valence electrons. The monoisotopic (exact) mass is 281 g/mol.